The van der Waals surface area contributed by atoms with Gasteiger partial charge in [-0.2, -0.15) is 8.42 Å². The van der Waals surface area contributed by atoms with Gasteiger partial charge in [0.1, 0.15) is 0 Å². The Morgan fingerprint density at radius 3 is 2.48 bits per heavy atom. The van der Waals surface area contributed by atoms with Crippen molar-refractivity contribution in [3.8, 4) is 0 Å². The number of rotatable bonds is 4. The highest BCUT2D eigenvalue weighted by atomic mass is 32.2. The molecule has 0 fully saturated rings. The van der Waals surface area contributed by atoms with Crippen molar-refractivity contribution >= 4 is 21.7 Å². The fraction of sp³-hybridized carbons (Fsp3) is 0.0909. The van der Waals surface area contributed by atoms with Crippen LogP contribution < -0.4 is 4.72 Å². The van der Waals surface area contributed by atoms with Gasteiger partial charge < -0.3 is 9.67 Å². The van der Waals surface area contributed by atoms with Crippen LogP contribution in [0.1, 0.15) is 10.4 Å². The second-order valence-electron chi connectivity index (χ2n) is 4.10. The normalized spacial score (nSPS) is 11.4. The Morgan fingerprint density at radius 1 is 1.33 bits per heavy atom. The minimum Gasteiger partial charge on any atom is -0.478 e. The Balaban J connectivity index is 2.48. The lowest BCUT2D eigenvalue weighted by molar-refractivity contribution is 0.0697. The quantitative estimate of drug-likeness (QED) is 0.882. The maximum Gasteiger partial charge on any atom is 0.337 e. The van der Waals surface area contributed by atoms with Crippen molar-refractivity contribution in [2.75, 3.05) is 4.72 Å². The van der Waals surface area contributed by atoms with Crippen LogP contribution in [0.15, 0.2) is 29.7 Å². The highest BCUT2D eigenvalue weighted by Gasteiger charge is 2.22. The summed E-state index contributed by atoms with van der Waals surface area (Å²) in [5.74, 6) is -4.38. The third kappa shape index (κ3) is 2.99. The Labute approximate surface area is 117 Å². The molecule has 0 saturated carbocycles. The average molecular weight is 317 g/mol. The van der Waals surface area contributed by atoms with Gasteiger partial charge in [-0.25, -0.2) is 18.6 Å². The van der Waals surface area contributed by atoms with Crippen molar-refractivity contribution in [3.05, 3.63) is 41.9 Å². The molecule has 0 spiro atoms. The summed E-state index contributed by atoms with van der Waals surface area (Å²) in [6.07, 6.45) is 2.39. The van der Waals surface area contributed by atoms with E-state index in [-0.39, 0.29) is 5.03 Å². The van der Waals surface area contributed by atoms with Gasteiger partial charge in [-0.1, -0.05) is 0 Å². The molecule has 2 aromatic rings. The van der Waals surface area contributed by atoms with E-state index >= 15 is 0 Å². The van der Waals surface area contributed by atoms with E-state index in [1.807, 2.05) is 4.72 Å². The molecule has 21 heavy (non-hydrogen) atoms. The third-order valence-corrected chi connectivity index (χ3v) is 3.74. The predicted octanol–water partition coefficient (Wildman–Crippen LogP) is 1.20. The van der Waals surface area contributed by atoms with E-state index in [9.17, 15) is 22.0 Å². The van der Waals surface area contributed by atoms with Crippen LogP contribution in [-0.2, 0) is 17.1 Å². The number of benzene rings is 1. The van der Waals surface area contributed by atoms with Gasteiger partial charge in [0, 0.05) is 19.3 Å². The number of carbonyl (C=O) groups is 1. The highest BCUT2D eigenvalue weighted by molar-refractivity contribution is 7.92. The largest absolute Gasteiger partial charge is 0.478 e. The summed E-state index contributed by atoms with van der Waals surface area (Å²) in [6.45, 7) is 0. The Hall–Kier alpha value is -2.49. The molecule has 7 nitrogen and oxygen atoms in total. The SMILES string of the molecule is Cn1cnc(S(=O)(=O)Nc2cc(F)c(F)cc2C(=O)O)c1. The van der Waals surface area contributed by atoms with Crippen LogP contribution in [0, 0.1) is 11.6 Å². The molecule has 2 rings (SSSR count). The minimum atomic E-state index is -4.21. The Morgan fingerprint density at radius 2 is 1.95 bits per heavy atom. The number of hydrogen-bond acceptors (Lipinski definition) is 4. The molecule has 0 radical (unpaired) electrons. The molecule has 10 heteroatoms. The number of sulfonamides is 1. The maximum absolute atomic E-state index is 13.2. The molecule has 0 amide bonds. The first kappa shape index (κ1) is 14.9. The lowest BCUT2D eigenvalue weighted by Crippen LogP contribution is -2.16. The molecule has 0 aliphatic heterocycles. The van der Waals surface area contributed by atoms with Crippen LogP contribution in [0.4, 0.5) is 14.5 Å². The van der Waals surface area contributed by atoms with Crippen LogP contribution >= 0.6 is 0 Å². The van der Waals surface area contributed by atoms with Crippen LogP contribution in [0.5, 0.6) is 0 Å². The number of halogens is 2. The zero-order valence-corrected chi connectivity index (χ0v) is 11.4. The summed E-state index contributed by atoms with van der Waals surface area (Å²) >= 11 is 0. The summed E-state index contributed by atoms with van der Waals surface area (Å²) in [4.78, 5) is 14.6. The van der Waals surface area contributed by atoms with Gasteiger partial charge in [-0.15, -0.1) is 0 Å². The van der Waals surface area contributed by atoms with Crippen LogP contribution in [-0.4, -0.2) is 29.0 Å². The van der Waals surface area contributed by atoms with Crippen molar-refractivity contribution in [2.24, 2.45) is 7.05 Å². The smallest absolute Gasteiger partial charge is 0.337 e. The molecular weight excluding hydrogens is 308 g/mol. The predicted molar refractivity (Wildman–Crippen MR) is 67.3 cm³/mol. The number of nitrogens with zero attached hydrogens (tertiary/aromatic N) is 2. The van der Waals surface area contributed by atoms with Crippen molar-refractivity contribution < 1.29 is 27.1 Å². The van der Waals surface area contributed by atoms with Crippen molar-refractivity contribution in [2.45, 2.75) is 5.03 Å². The number of carboxylic acid groups (broad SMARTS) is 1. The fourth-order valence-electron chi connectivity index (χ4n) is 1.53. The van der Waals surface area contributed by atoms with Gasteiger partial charge in [0.2, 0.25) is 0 Å². The van der Waals surface area contributed by atoms with Crippen molar-refractivity contribution in [1.29, 1.82) is 0 Å². The zero-order chi connectivity index (χ0) is 15.8. The number of carboxylic acids is 1. The van der Waals surface area contributed by atoms with E-state index in [4.69, 9.17) is 5.11 Å². The van der Waals surface area contributed by atoms with Crippen LogP contribution in [0.25, 0.3) is 0 Å². The summed E-state index contributed by atoms with van der Waals surface area (Å²) in [6, 6.07) is 0.854. The Kier molecular flexibility index (Phi) is 3.64. The number of anilines is 1. The number of aromatic nitrogens is 2. The first-order valence-electron chi connectivity index (χ1n) is 5.44. The molecule has 0 aliphatic carbocycles. The lowest BCUT2D eigenvalue weighted by atomic mass is 10.2. The molecule has 1 aromatic carbocycles. The molecule has 0 bridgehead atoms. The van der Waals surface area contributed by atoms with E-state index in [0.717, 1.165) is 0 Å². The van der Waals surface area contributed by atoms with E-state index < -0.39 is 38.9 Å². The average Bonchev–Trinajstić information content (AvgIpc) is 2.80. The van der Waals surface area contributed by atoms with Crippen molar-refractivity contribution in [3.63, 3.8) is 0 Å². The zero-order valence-electron chi connectivity index (χ0n) is 10.5. The van der Waals surface area contributed by atoms with Gasteiger partial charge in [0.25, 0.3) is 10.0 Å². The van der Waals surface area contributed by atoms with Gasteiger partial charge in [0.15, 0.2) is 16.7 Å². The van der Waals surface area contributed by atoms with E-state index in [0.29, 0.717) is 12.1 Å². The summed E-state index contributed by atoms with van der Waals surface area (Å²) < 4.78 is 53.4. The van der Waals surface area contributed by atoms with Crippen molar-refractivity contribution in [1.82, 2.24) is 9.55 Å². The second kappa shape index (κ2) is 5.13. The van der Waals surface area contributed by atoms with Crippen LogP contribution in [0.3, 0.4) is 0 Å². The molecule has 1 aromatic heterocycles. The first-order chi connectivity index (χ1) is 9.70. The van der Waals surface area contributed by atoms with E-state index in [2.05, 4.69) is 4.98 Å². The van der Waals surface area contributed by atoms with E-state index in [1.54, 1.807) is 0 Å². The van der Waals surface area contributed by atoms with E-state index in [1.165, 1.54) is 24.1 Å². The van der Waals surface area contributed by atoms with Crippen LogP contribution in [0.2, 0.25) is 0 Å². The number of hydrogen-bond donors (Lipinski definition) is 2. The van der Waals surface area contributed by atoms with Gasteiger partial charge in [-0.05, 0) is 6.07 Å². The molecule has 0 saturated heterocycles. The monoisotopic (exact) mass is 317 g/mol. The summed E-state index contributed by atoms with van der Waals surface area (Å²) in [7, 11) is -2.68. The molecule has 0 aliphatic rings. The summed E-state index contributed by atoms with van der Waals surface area (Å²) in [5, 5.41) is 8.53. The molecule has 2 N–H and O–H groups in total. The second-order valence-corrected chi connectivity index (χ2v) is 5.73. The molecule has 0 unspecified atom stereocenters. The molecule has 112 valence electrons. The van der Waals surface area contributed by atoms with Gasteiger partial charge in [-0.3, -0.25) is 4.72 Å². The lowest BCUT2D eigenvalue weighted by Gasteiger charge is -2.09. The molecular formula is C11H9F2N3O4S. The topological polar surface area (TPSA) is 101 Å². The highest BCUT2D eigenvalue weighted by Crippen LogP contribution is 2.23. The maximum atomic E-state index is 13.2. The fourth-order valence-corrected chi connectivity index (χ4v) is 2.59. The summed E-state index contributed by atoms with van der Waals surface area (Å²) in [5.41, 5.74) is -1.31. The molecule has 1 heterocycles. The first-order valence-corrected chi connectivity index (χ1v) is 6.92. The third-order valence-electron chi connectivity index (χ3n) is 2.49. The Bertz CT molecular complexity index is 817. The minimum absolute atomic E-state index is 0.383. The number of imidazole rings is 1. The standard InChI is InChI=1S/C11H9F2N3O4S/c1-16-4-10(14-5-16)21(19,20)15-9-3-8(13)7(12)2-6(9)11(17)18/h2-5,15H,1H3,(H,17,18). The number of aryl methyl sites for hydroxylation is 1. The van der Waals surface area contributed by atoms with Gasteiger partial charge in [0.05, 0.1) is 17.6 Å². The van der Waals surface area contributed by atoms with Gasteiger partial charge >= 0.3 is 5.97 Å². The number of nitrogens with one attached hydrogen (secondary N) is 1. The molecule has 0 atom stereocenters. The number of aromatic carboxylic acids is 1.